The Labute approximate surface area is 161 Å². The molecule has 1 saturated heterocycles. The minimum Gasteiger partial charge on any atom is -0.497 e. The monoisotopic (exact) mass is 394 g/mol. The van der Waals surface area contributed by atoms with Gasteiger partial charge in [0.2, 0.25) is 0 Å². The number of hydrogen-bond acceptors (Lipinski definition) is 3. The molecule has 0 radical (unpaired) electrons. The molecule has 0 saturated carbocycles. The van der Waals surface area contributed by atoms with Crippen molar-refractivity contribution in [2.24, 2.45) is 0 Å². The predicted molar refractivity (Wildman–Crippen MR) is 98.7 cm³/mol. The van der Waals surface area contributed by atoms with Crippen LogP contribution < -0.4 is 14.8 Å². The molecule has 0 aliphatic carbocycles. The highest BCUT2D eigenvalue weighted by Gasteiger charge is 2.31. The van der Waals surface area contributed by atoms with Crippen LogP contribution in [0.4, 0.5) is 23.7 Å². The molecule has 0 bridgehead atoms. The first-order chi connectivity index (χ1) is 13.3. The minimum absolute atomic E-state index is 0.266. The van der Waals surface area contributed by atoms with E-state index in [-0.39, 0.29) is 11.8 Å². The zero-order chi connectivity index (χ0) is 20.1. The number of urea groups is 1. The lowest BCUT2D eigenvalue weighted by Gasteiger charge is -2.32. The van der Waals surface area contributed by atoms with Gasteiger partial charge in [-0.2, -0.15) is 0 Å². The second kappa shape index (κ2) is 8.41. The molecule has 1 heterocycles. The number of alkyl halides is 3. The average molecular weight is 394 g/mol. The Balaban J connectivity index is 1.50. The summed E-state index contributed by atoms with van der Waals surface area (Å²) in [6, 6.07) is 12.8. The molecule has 8 heteroatoms. The van der Waals surface area contributed by atoms with E-state index in [0.717, 1.165) is 18.6 Å². The Bertz CT molecular complexity index is 784. The van der Waals surface area contributed by atoms with Crippen molar-refractivity contribution < 1.29 is 27.4 Å². The molecule has 28 heavy (non-hydrogen) atoms. The van der Waals surface area contributed by atoms with Crippen LogP contribution in [0, 0.1) is 0 Å². The second-order valence-electron chi connectivity index (χ2n) is 6.54. The molecule has 1 fully saturated rings. The van der Waals surface area contributed by atoms with E-state index >= 15 is 0 Å². The zero-order valence-corrected chi connectivity index (χ0v) is 15.3. The summed E-state index contributed by atoms with van der Waals surface area (Å²) in [5.41, 5.74) is 1.64. The number of piperidine rings is 1. The smallest absolute Gasteiger partial charge is 0.497 e. The molecule has 1 aliphatic rings. The Morgan fingerprint density at radius 2 is 1.57 bits per heavy atom. The van der Waals surface area contributed by atoms with Gasteiger partial charge < -0.3 is 19.7 Å². The molecular formula is C20H21F3N2O3. The van der Waals surface area contributed by atoms with Gasteiger partial charge in [-0.05, 0) is 60.7 Å². The van der Waals surface area contributed by atoms with E-state index in [2.05, 4.69) is 10.1 Å². The van der Waals surface area contributed by atoms with Crippen LogP contribution in [0.3, 0.4) is 0 Å². The van der Waals surface area contributed by atoms with E-state index in [1.54, 1.807) is 12.0 Å². The summed E-state index contributed by atoms with van der Waals surface area (Å²) in [6.45, 7) is 1.22. The lowest BCUT2D eigenvalue weighted by Crippen LogP contribution is -2.40. The Hall–Kier alpha value is -2.90. The largest absolute Gasteiger partial charge is 0.573 e. The van der Waals surface area contributed by atoms with Gasteiger partial charge >= 0.3 is 12.4 Å². The van der Waals surface area contributed by atoms with Gasteiger partial charge in [0.25, 0.3) is 0 Å². The number of amides is 2. The lowest BCUT2D eigenvalue weighted by molar-refractivity contribution is -0.274. The van der Waals surface area contributed by atoms with Crippen molar-refractivity contribution in [2.45, 2.75) is 25.1 Å². The van der Waals surface area contributed by atoms with E-state index < -0.39 is 6.36 Å². The van der Waals surface area contributed by atoms with Crippen molar-refractivity contribution in [3.8, 4) is 11.5 Å². The van der Waals surface area contributed by atoms with Gasteiger partial charge in [-0.15, -0.1) is 13.2 Å². The van der Waals surface area contributed by atoms with Crippen LogP contribution in [0.25, 0.3) is 0 Å². The zero-order valence-electron chi connectivity index (χ0n) is 15.3. The van der Waals surface area contributed by atoms with Crippen molar-refractivity contribution in [3.63, 3.8) is 0 Å². The van der Waals surface area contributed by atoms with Crippen LogP contribution in [0.2, 0.25) is 0 Å². The van der Waals surface area contributed by atoms with Crippen LogP contribution in [-0.4, -0.2) is 37.5 Å². The Kier molecular flexibility index (Phi) is 5.96. The number of anilines is 1. The maximum atomic E-state index is 12.4. The quantitative estimate of drug-likeness (QED) is 0.794. The van der Waals surface area contributed by atoms with Crippen molar-refractivity contribution in [2.75, 3.05) is 25.5 Å². The van der Waals surface area contributed by atoms with Gasteiger partial charge in [0.1, 0.15) is 11.5 Å². The summed E-state index contributed by atoms with van der Waals surface area (Å²) < 4.78 is 45.5. The fraction of sp³-hybridized carbons (Fsp3) is 0.350. The number of halogens is 3. The minimum atomic E-state index is -4.74. The number of hydrogen-bond donors (Lipinski definition) is 1. The third-order valence-electron chi connectivity index (χ3n) is 4.71. The maximum Gasteiger partial charge on any atom is 0.573 e. The predicted octanol–water partition coefficient (Wildman–Crippen LogP) is 5.01. The number of carbonyl (C=O) groups is 1. The van der Waals surface area contributed by atoms with Gasteiger partial charge in [-0.3, -0.25) is 0 Å². The van der Waals surface area contributed by atoms with Crippen molar-refractivity contribution in [3.05, 3.63) is 54.1 Å². The van der Waals surface area contributed by atoms with Gasteiger partial charge in [0, 0.05) is 18.8 Å². The van der Waals surface area contributed by atoms with Gasteiger partial charge in [-0.25, -0.2) is 4.79 Å². The summed E-state index contributed by atoms with van der Waals surface area (Å²) in [6.07, 6.45) is -3.05. The van der Waals surface area contributed by atoms with Crippen molar-refractivity contribution in [1.29, 1.82) is 0 Å². The Morgan fingerprint density at radius 3 is 2.11 bits per heavy atom. The van der Waals surface area contributed by atoms with E-state index in [0.29, 0.717) is 24.7 Å². The van der Waals surface area contributed by atoms with E-state index in [4.69, 9.17) is 4.74 Å². The number of likely N-dealkylation sites (tertiary alicyclic amines) is 1. The second-order valence-corrected chi connectivity index (χ2v) is 6.54. The average Bonchev–Trinajstić information content (AvgIpc) is 2.68. The van der Waals surface area contributed by atoms with E-state index in [1.165, 1.54) is 29.8 Å². The van der Waals surface area contributed by atoms with Crippen LogP contribution in [0.5, 0.6) is 11.5 Å². The van der Waals surface area contributed by atoms with Crippen LogP contribution in [-0.2, 0) is 0 Å². The van der Waals surface area contributed by atoms with E-state index in [9.17, 15) is 18.0 Å². The van der Waals surface area contributed by atoms with Crippen molar-refractivity contribution in [1.82, 2.24) is 4.90 Å². The number of nitrogens with zero attached hydrogens (tertiary/aromatic N) is 1. The number of ether oxygens (including phenoxy) is 2. The first-order valence-corrected chi connectivity index (χ1v) is 8.90. The van der Waals surface area contributed by atoms with E-state index in [1.807, 2.05) is 24.3 Å². The number of benzene rings is 2. The Morgan fingerprint density at radius 1 is 1.00 bits per heavy atom. The topological polar surface area (TPSA) is 50.8 Å². The number of nitrogens with one attached hydrogen (secondary N) is 1. The summed E-state index contributed by atoms with van der Waals surface area (Å²) in [4.78, 5) is 14.1. The molecule has 5 nitrogen and oxygen atoms in total. The summed E-state index contributed by atoms with van der Waals surface area (Å²) in [5, 5.41) is 2.71. The third-order valence-corrected chi connectivity index (χ3v) is 4.71. The first kappa shape index (κ1) is 19.9. The highest BCUT2D eigenvalue weighted by molar-refractivity contribution is 5.89. The third kappa shape index (κ3) is 5.31. The molecule has 3 rings (SSSR count). The van der Waals surface area contributed by atoms with Gasteiger partial charge in [-0.1, -0.05) is 12.1 Å². The van der Waals surface area contributed by atoms with Crippen molar-refractivity contribution >= 4 is 11.7 Å². The normalized spacial score (nSPS) is 15.2. The molecule has 0 spiro atoms. The van der Waals surface area contributed by atoms with Gasteiger partial charge in [0.05, 0.1) is 7.11 Å². The van der Waals surface area contributed by atoms with Crippen LogP contribution in [0.15, 0.2) is 48.5 Å². The fourth-order valence-electron chi connectivity index (χ4n) is 3.23. The number of carbonyl (C=O) groups excluding carboxylic acids is 1. The van der Waals surface area contributed by atoms with Crippen LogP contribution in [0.1, 0.15) is 24.3 Å². The molecule has 1 N–H and O–H groups in total. The molecule has 2 amide bonds. The molecule has 0 aromatic heterocycles. The SMILES string of the molecule is COc1ccc(C2CCN(C(=O)Nc3ccc(OC(F)(F)F)cc3)CC2)cc1. The molecule has 1 aliphatic heterocycles. The van der Waals surface area contributed by atoms with Crippen LogP contribution >= 0.6 is 0 Å². The molecule has 0 atom stereocenters. The molecule has 2 aromatic rings. The molecule has 0 unspecified atom stereocenters. The summed E-state index contributed by atoms with van der Waals surface area (Å²) in [7, 11) is 1.63. The molecular weight excluding hydrogens is 373 g/mol. The lowest BCUT2D eigenvalue weighted by atomic mass is 9.89. The first-order valence-electron chi connectivity index (χ1n) is 8.90. The molecule has 2 aromatic carbocycles. The fourth-order valence-corrected chi connectivity index (χ4v) is 3.23. The standard InChI is InChI=1S/C20H21F3N2O3/c1-27-17-6-2-14(3-7-17)15-10-12-25(13-11-15)19(26)24-16-4-8-18(9-5-16)28-20(21,22)23/h2-9,15H,10-13H2,1H3,(H,24,26). The highest BCUT2D eigenvalue weighted by Crippen LogP contribution is 2.30. The molecule has 150 valence electrons. The highest BCUT2D eigenvalue weighted by atomic mass is 19.4. The number of rotatable bonds is 4. The summed E-state index contributed by atoms with van der Waals surface area (Å²) in [5.74, 6) is 0.867. The van der Waals surface area contributed by atoms with Gasteiger partial charge in [0.15, 0.2) is 0 Å². The number of methoxy groups -OCH3 is 1. The summed E-state index contributed by atoms with van der Waals surface area (Å²) >= 11 is 0. The maximum absolute atomic E-state index is 12.4.